The highest BCUT2D eigenvalue weighted by atomic mass is 32.2. The highest BCUT2D eigenvalue weighted by Crippen LogP contribution is 2.17. The van der Waals surface area contributed by atoms with E-state index in [4.69, 9.17) is 0 Å². The maximum Gasteiger partial charge on any atom is 0.191 e. The molecule has 4 nitrogen and oxygen atoms in total. The summed E-state index contributed by atoms with van der Waals surface area (Å²) in [7, 11) is 1.93. The van der Waals surface area contributed by atoms with E-state index in [1.807, 2.05) is 29.8 Å². The van der Waals surface area contributed by atoms with E-state index in [1.165, 1.54) is 0 Å². The van der Waals surface area contributed by atoms with Gasteiger partial charge in [-0.15, -0.1) is 10.2 Å². The molecule has 0 unspecified atom stereocenters. The highest BCUT2D eigenvalue weighted by Gasteiger charge is 2.01. The molecule has 0 aliphatic heterocycles. The maximum atomic E-state index is 4.23. The number of pyridine rings is 1. The van der Waals surface area contributed by atoms with E-state index in [-0.39, 0.29) is 0 Å². The average molecular weight is 206 g/mol. The number of nitrogens with zero attached hydrogens (tertiary/aromatic N) is 4. The van der Waals surface area contributed by atoms with Gasteiger partial charge in [-0.05, 0) is 12.1 Å². The molecule has 0 aliphatic rings. The summed E-state index contributed by atoms with van der Waals surface area (Å²) in [6, 6.07) is 5.90. The van der Waals surface area contributed by atoms with Crippen LogP contribution in [-0.2, 0) is 12.8 Å². The average Bonchev–Trinajstić information content (AvgIpc) is 2.63. The van der Waals surface area contributed by atoms with Crippen LogP contribution in [0.2, 0.25) is 0 Å². The molecule has 0 spiro atoms. The Morgan fingerprint density at radius 3 is 3.00 bits per heavy atom. The molecule has 0 aliphatic carbocycles. The number of aromatic nitrogens is 4. The van der Waals surface area contributed by atoms with Crippen LogP contribution in [0.25, 0.3) is 0 Å². The van der Waals surface area contributed by atoms with Gasteiger partial charge in [0.1, 0.15) is 6.33 Å². The zero-order valence-electron chi connectivity index (χ0n) is 7.79. The molecule has 0 saturated carbocycles. The molecular weight excluding hydrogens is 196 g/mol. The van der Waals surface area contributed by atoms with Gasteiger partial charge in [0, 0.05) is 19.0 Å². The van der Waals surface area contributed by atoms with Crippen molar-refractivity contribution in [2.24, 2.45) is 7.05 Å². The van der Waals surface area contributed by atoms with E-state index in [0.717, 1.165) is 16.6 Å². The molecule has 0 amide bonds. The monoisotopic (exact) mass is 206 g/mol. The van der Waals surface area contributed by atoms with Crippen LogP contribution in [0.5, 0.6) is 0 Å². The van der Waals surface area contributed by atoms with Crippen LogP contribution in [0, 0.1) is 0 Å². The van der Waals surface area contributed by atoms with Gasteiger partial charge in [0.05, 0.1) is 5.69 Å². The van der Waals surface area contributed by atoms with Crippen molar-refractivity contribution in [2.45, 2.75) is 10.9 Å². The lowest BCUT2D eigenvalue weighted by molar-refractivity contribution is 0.788. The predicted molar refractivity (Wildman–Crippen MR) is 54.8 cm³/mol. The Morgan fingerprint density at radius 2 is 2.36 bits per heavy atom. The van der Waals surface area contributed by atoms with Crippen LogP contribution in [-0.4, -0.2) is 19.7 Å². The fourth-order valence-electron chi connectivity index (χ4n) is 1.03. The SMILES string of the molecule is Cn1cnnc1SCc1ccccn1. The van der Waals surface area contributed by atoms with Gasteiger partial charge in [0.2, 0.25) is 0 Å². The van der Waals surface area contributed by atoms with Crippen molar-refractivity contribution in [3.8, 4) is 0 Å². The van der Waals surface area contributed by atoms with Crippen molar-refractivity contribution in [3.63, 3.8) is 0 Å². The molecule has 2 rings (SSSR count). The zero-order chi connectivity index (χ0) is 9.80. The van der Waals surface area contributed by atoms with E-state index in [0.29, 0.717) is 0 Å². The molecular formula is C9H10N4S. The van der Waals surface area contributed by atoms with Crippen molar-refractivity contribution in [1.82, 2.24) is 19.7 Å². The fraction of sp³-hybridized carbons (Fsp3) is 0.222. The summed E-state index contributed by atoms with van der Waals surface area (Å²) in [4.78, 5) is 4.23. The molecule has 2 aromatic heterocycles. The molecule has 0 saturated heterocycles. The number of hydrogen-bond acceptors (Lipinski definition) is 4. The first-order valence-corrected chi connectivity index (χ1v) is 5.21. The Morgan fingerprint density at radius 1 is 1.43 bits per heavy atom. The van der Waals surface area contributed by atoms with Gasteiger partial charge in [-0.25, -0.2) is 0 Å². The fourth-order valence-corrected chi connectivity index (χ4v) is 1.83. The summed E-state index contributed by atoms with van der Waals surface area (Å²) in [5.74, 6) is 0.827. The van der Waals surface area contributed by atoms with E-state index >= 15 is 0 Å². The lowest BCUT2D eigenvalue weighted by Crippen LogP contribution is -1.90. The van der Waals surface area contributed by atoms with Gasteiger partial charge < -0.3 is 4.57 Å². The van der Waals surface area contributed by atoms with Crippen molar-refractivity contribution in [3.05, 3.63) is 36.4 Å². The normalized spacial score (nSPS) is 10.4. The van der Waals surface area contributed by atoms with E-state index in [9.17, 15) is 0 Å². The topological polar surface area (TPSA) is 43.6 Å². The third kappa shape index (κ3) is 2.11. The summed E-state index contributed by atoms with van der Waals surface area (Å²) >= 11 is 1.63. The maximum absolute atomic E-state index is 4.23. The van der Waals surface area contributed by atoms with Gasteiger partial charge in [-0.1, -0.05) is 17.8 Å². The van der Waals surface area contributed by atoms with Crippen LogP contribution in [0.3, 0.4) is 0 Å². The first-order valence-electron chi connectivity index (χ1n) is 4.23. The Hall–Kier alpha value is -1.36. The first kappa shape index (κ1) is 9.21. The predicted octanol–water partition coefficient (Wildman–Crippen LogP) is 1.50. The van der Waals surface area contributed by atoms with Crippen molar-refractivity contribution >= 4 is 11.8 Å². The Balaban J connectivity index is 1.99. The van der Waals surface area contributed by atoms with E-state index in [2.05, 4.69) is 15.2 Å². The highest BCUT2D eigenvalue weighted by molar-refractivity contribution is 7.98. The molecule has 0 atom stereocenters. The lowest BCUT2D eigenvalue weighted by atomic mass is 10.4. The number of aryl methyl sites for hydroxylation is 1. The minimum Gasteiger partial charge on any atom is -0.312 e. The van der Waals surface area contributed by atoms with Gasteiger partial charge in [-0.2, -0.15) is 0 Å². The third-order valence-electron chi connectivity index (χ3n) is 1.75. The largest absolute Gasteiger partial charge is 0.312 e. The molecule has 14 heavy (non-hydrogen) atoms. The third-order valence-corrected chi connectivity index (χ3v) is 2.81. The van der Waals surface area contributed by atoms with Crippen molar-refractivity contribution in [1.29, 1.82) is 0 Å². The summed E-state index contributed by atoms with van der Waals surface area (Å²) in [6.45, 7) is 0. The summed E-state index contributed by atoms with van der Waals surface area (Å²) in [5.41, 5.74) is 1.06. The molecule has 2 aromatic rings. The van der Waals surface area contributed by atoms with E-state index < -0.39 is 0 Å². The van der Waals surface area contributed by atoms with Crippen LogP contribution in [0.15, 0.2) is 35.9 Å². The minimum atomic E-state index is 0.827. The Labute approximate surface area is 86.4 Å². The van der Waals surface area contributed by atoms with Gasteiger partial charge in [-0.3, -0.25) is 4.98 Å². The van der Waals surface area contributed by atoms with Crippen molar-refractivity contribution < 1.29 is 0 Å². The van der Waals surface area contributed by atoms with Crippen LogP contribution in [0.4, 0.5) is 0 Å². The van der Waals surface area contributed by atoms with E-state index in [1.54, 1.807) is 24.3 Å². The zero-order valence-corrected chi connectivity index (χ0v) is 8.61. The standard InChI is InChI=1S/C9H10N4S/c1-13-7-11-12-9(13)14-6-8-4-2-3-5-10-8/h2-5,7H,6H2,1H3. The molecule has 0 radical (unpaired) electrons. The first-order chi connectivity index (χ1) is 6.86. The minimum absolute atomic E-state index is 0.827. The summed E-state index contributed by atoms with van der Waals surface area (Å²) < 4.78 is 1.90. The quantitative estimate of drug-likeness (QED) is 0.714. The molecule has 2 heterocycles. The second kappa shape index (κ2) is 4.23. The Kier molecular flexibility index (Phi) is 2.78. The van der Waals surface area contributed by atoms with Gasteiger partial charge >= 0.3 is 0 Å². The van der Waals surface area contributed by atoms with Crippen LogP contribution in [0.1, 0.15) is 5.69 Å². The molecule has 5 heteroatoms. The second-order valence-corrected chi connectivity index (χ2v) is 3.78. The van der Waals surface area contributed by atoms with Crippen molar-refractivity contribution in [2.75, 3.05) is 0 Å². The number of rotatable bonds is 3. The summed E-state index contributed by atoms with van der Waals surface area (Å²) in [6.07, 6.45) is 3.49. The summed E-state index contributed by atoms with van der Waals surface area (Å²) in [5, 5.41) is 8.70. The Bertz CT molecular complexity index is 398. The van der Waals surface area contributed by atoms with Gasteiger partial charge in [0.25, 0.3) is 0 Å². The lowest BCUT2D eigenvalue weighted by Gasteiger charge is -1.99. The molecule has 0 bridgehead atoms. The number of hydrogen-bond donors (Lipinski definition) is 0. The molecule has 72 valence electrons. The van der Waals surface area contributed by atoms with Gasteiger partial charge in [0.15, 0.2) is 5.16 Å². The molecule has 0 aromatic carbocycles. The number of thioether (sulfide) groups is 1. The molecule has 0 fully saturated rings. The molecule has 0 N–H and O–H groups in total. The van der Waals surface area contributed by atoms with Crippen LogP contribution >= 0.6 is 11.8 Å². The smallest absolute Gasteiger partial charge is 0.191 e. The van der Waals surface area contributed by atoms with Crippen LogP contribution < -0.4 is 0 Å². The second-order valence-electron chi connectivity index (χ2n) is 2.83.